The zero-order chi connectivity index (χ0) is 12.1. The van der Waals surface area contributed by atoms with Gasteiger partial charge in [0.05, 0.1) is 5.54 Å². The third kappa shape index (κ3) is 5.63. The van der Waals surface area contributed by atoms with Crippen molar-refractivity contribution in [3.8, 4) is 0 Å². The minimum absolute atomic E-state index is 0. The van der Waals surface area contributed by atoms with Crippen LogP contribution in [-0.4, -0.2) is 29.5 Å². The van der Waals surface area contributed by atoms with E-state index < -0.39 is 5.54 Å². The standard InChI is InChI=1S/C12H18N4O.2ClH/c13-12(5-6-12)11(17)16-9-3-8-15-10-4-1-2-7-14-10;;/h1-2,4,7H,3,5-6,8-9,13H2,(H,14,15)(H,16,17);2*1H. The van der Waals surface area contributed by atoms with Crippen LogP contribution in [0.25, 0.3) is 0 Å². The Hall–Kier alpha value is -1.04. The second-order valence-corrected chi connectivity index (χ2v) is 4.41. The number of carbonyl (C=O) groups excluding carboxylic acids is 1. The molecule has 1 amide bonds. The van der Waals surface area contributed by atoms with E-state index in [1.807, 2.05) is 18.2 Å². The molecular formula is C12H20Cl2N4O. The quantitative estimate of drug-likeness (QED) is 0.693. The first kappa shape index (κ1) is 18.0. The van der Waals surface area contributed by atoms with Gasteiger partial charge in [-0.3, -0.25) is 4.79 Å². The van der Waals surface area contributed by atoms with Crippen molar-refractivity contribution in [2.45, 2.75) is 24.8 Å². The largest absolute Gasteiger partial charge is 0.370 e. The zero-order valence-corrected chi connectivity index (χ0v) is 12.2. The van der Waals surface area contributed by atoms with Crippen LogP contribution in [0.3, 0.4) is 0 Å². The number of nitrogens with one attached hydrogen (secondary N) is 2. The van der Waals surface area contributed by atoms with Gasteiger partial charge in [0.1, 0.15) is 5.82 Å². The summed E-state index contributed by atoms with van der Waals surface area (Å²) in [6.07, 6.45) is 4.23. The van der Waals surface area contributed by atoms with Crippen LogP contribution in [0.1, 0.15) is 19.3 Å². The van der Waals surface area contributed by atoms with Crippen molar-refractivity contribution < 1.29 is 4.79 Å². The highest BCUT2D eigenvalue weighted by Crippen LogP contribution is 2.31. The molecule has 0 saturated heterocycles. The number of halogens is 2. The van der Waals surface area contributed by atoms with Crippen molar-refractivity contribution in [3.63, 3.8) is 0 Å². The van der Waals surface area contributed by atoms with Crippen LogP contribution in [0.5, 0.6) is 0 Å². The molecule has 19 heavy (non-hydrogen) atoms. The predicted octanol–water partition coefficient (Wildman–Crippen LogP) is 1.33. The molecule has 1 aromatic rings. The third-order valence-corrected chi connectivity index (χ3v) is 2.85. The fraction of sp³-hybridized carbons (Fsp3) is 0.500. The molecule has 1 fully saturated rings. The summed E-state index contributed by atoms with van der Waals surface area (Å²) >= 11 is 0. The molecule has 0 aromatic carbocycles. The minimum Gasteiger partial charge on any atom is -0.370 e. The number of amides is 1. The van der Waals surface area contributed by atoms with Crippen molar-refractivity contribution in [1.82, 2.24) is 10.3 Å². The summed E-state index contributed by atoms with van der Waals surface area (Å²) < 4.78 is 0. The fourth-order valence-corrected chi connectivity index (χ4v) is 1.51. The summed E-state index contributed by atoms with van der Waals surface area (Å²) in [7, 11) is 0. The number of hydrogen-bond acceptors (Lipinski definition) is 4. The number of nitrogens with zero attached hydrogens (tertiary/aromatic N) is 1. The number of anilines is 1. The van der Waals surface area contributed by atoms with Gasteiger partial charge < -0.3 is 16.4 Å². The van der Waals surface area contributed by atoms with Crippen LogP contribution in [0, 0.1) is 0 Å². The molecular weight excluding hydrogens is 287 g/mol. The van der Waals surface area contributed by atoms with Crippen molar-refractivity contribution in [1.29, 1.82) is 0 Å². The zero-order valence-electron chi connectivity index (χ0n) is 10.6. The Balaban J connectivity index is 0.00000162. The van der Waals surface area contributed by atoms with E-state index in [9.17, 15) is 4.79 Å². The van der Waals surface area contributed by atoms with Crippen LogP contribution in [0.4, 0.5) is 5.82 Å². The molecule has 1 saturated carbocycles. The predicted molar refractivity (Wildman–Crippen MR) is 81.0 cm³/mol. The average molecular weight is 307 g/mol. The first-order chi connectivity index (χ1) is 8.21. The molecule has 0 atom stereocenters. The highest BCUT2D eigenvalue weighted by atomic mass is 35.5. The van der Waals surface area contributed by atoms with Crippen molar-refractivity contribution in [2.24, 2.45) is 5.73 Å². The molecule has 2 rings (SSSR count). The lowest BCUT2D eigenvalue weighted by Gasteiger charge is -2.10. The van der Waals surface area contributed by atoms with Crippen LogP contribution < -0.4 is 16.4 Å². The molecule has 0 radical (unpaired) electrons. The van der Waals surface area contributed by atoms with Crippen LogP contribution in [0.2, 0.25) is 0 Å². The lowest BCUT2D eigenvalue weighted by molar-refractivity contribution is -0.123. The smallest absolute Gasteiger partial charge is 0.240 e. The number of pyridine rings is 1. The van der Waals surface area contributed by atoms with E-state index >= 15 is 0 Å². The molecule has 0 aliphatic heterocycles. The Bertz CT molecular complexity index is 385. The summed E-state index contributed by atoms with van der Waals surface area (Å²) in [4.78, 5) is 15.6. The first-order valence-corrected chi connectivity index (χ1v) is 5.93. The van der Waals surface area contributed by atoms with E-state index in [4.69, 9.17) is 5.73 Å². The van der Waals surface area contributed by atoms with Gasteiger partial charge in [-0.05, 0) is 31.4 Å². The molecule has 1 heterocycles. The van der Waals surface area contributed by atoms with Gasteiger partial charge in [-0.25, -0.2) is 4.98 Å². The van der Waals surface area contributed by atoms with E-state index in [0.717, 1.165) is 31.6 Å². The second-order valence-electron chi connectivity index (χ2n) is 4.41. The third-order valence-electron chi connectivity index (χ3n) is 2.85. The van der Waals surface area contributed by atoms with Gasteiger partial charge in [-0.15, -0.1) is 24.8 Å². The van der Waals surface area contributed by atoms with Gasteiger partial charge in [0.25, 0.3) is 0 Å². The molecule has 0 unspecified atom stereocenters. The van der Waals surface area contributed by atoms with Gasteiger partial charge >= 0.3 is 0 Å². The Labute approximate surface area is 125 Å². The SMILES string of the molecule is Cl.Cl.NC1(C(=O)NCCCNc2ccccn2)CC1. The summed E-state index contributed by atoms with van der Waals surface area (Å²) in [6.45, 7) is 1.44. The van der Waals surface area contributed by atoms with E-state index in [1.165, 1.54) is 0 Å². The van der Waals surface area contributed by atoms with E-state index in [0.29, 0.717) is 6.54 Å². The number of carbonyl (C=O) groups is 1. The molecule has 0 spiro atoms. The topological polar surface area (TPSA) is 80.0 Å². The van der Waals surface area contributed by atoms with Crippen molar-refractivity contribution in [2.75, 3.05) is 18.4 Å². The van der Waals surface area contributed by atoms with Crippen LogP contribution in [0.15, 0.2) is 24.4 Å². The number of hydrogen-bond donors (Lipinski definition) is 3. The molecule has 1 aliphatic rings. The van der Waals surface area contributed by atoms with Crippen LogP contribution >= 0.6 is 24.8 Å². The Morgan fingerprint density at radius 1 is 1.32 bits per heavy atom. The summed E-state index contributed by atoms with van der Waals surface area (Å²) in [5.41, 5.74) is 5.20. The molecule has 5 nitrogen and oxygen atoms in total. The lowest BCUT2D eigenvalue weighted by Crippen LogP contribution is -2.43. The van der Waals surface area contributed by atoms with Crippen molar-refractivity contribution in [3.05, 3.63) is 24.4 Å². The lowest BCUT2D eigenvalue weighted by atomic mass is 10.2. The Morgan fingerprint density at radius 2 is 2.05 bits per heavy atom. The second kappa shape index (κ2) is 8.19. The Morgan fingerprint density at radius 3 is 2.63 bits per heavy atom. The molecule has 4 N–H and O–H groups in total. The van der Waals surface area contributed by atoms with Gasteiger partial charge in [-0.1, -0.05) is 6.07 Å². The average Bonchev–Trinajstić information content (AvgIpc) is 3.09. The van der Waals surface area contributed by atoms with Crippen molar-refractivity contribution >= 4 is 36.5 Å². The normalized spacial score (nSPS) is 14.6. The molecule has 7 heteroatoms. The molecule has 108 valence electrons. The number of rotatable bonds is 6. The van der Waals surface area contributed by atoms with Crippen LogP contribution in [-0.2, 0) is 4.79 Å². The van der Waals surface area contributed by atoms with E-state index in [1.54, 1.807) is 6.20 Å². The maximum atomic E-state index is 11.5. The maximum Gasteiger partial charge on any atom is 0.240 e. The summed E-state index contributed by atoms with van der Waals surface area (Å²) in [5, 5.41) is 6.03. The minimum atomic E-state index is -0.561. The molecule has 1 aliphatic carbocycles. The van der Waals surface area contributed by atoms with E-state index in [-0.39, 0.29) is 30.7 Å². The fourth-order valence-electron chi connectivity index (χ4n) is 1.51. The van der Waals surface area contributed by atoms with Gasteiger partial charge in [-0.2, -0.15) is 0 Å². The van der Waals surface area contributed by atoms with Gasteiger partial charge in [0.15, 0.2) is 0 Å². The number of aromatic nitrogens is 1. The first-order valence-electron chi connectivity index (χ1n) is 5.93. The monoisotopic (exact) mass is 306 g/mol. The Kier molecular flexibility index (Phi) is 7.75. The highest BCUT2D eigenvalue weighted by Gasteiger charge is 2.45. The highest BCUT2D eigenvalue weighted by molar-refractivity contribution is 5.88. The number of nitrogens with two attached hydrogens (primary N) is 1. The van der Waals surface area contributed by atoms with Gasteiger partial charge in [0.2, 0.25) is 5.91 Å². The summed E-state index contributed by atoms with van der Waals surface area (Å²) in [5.74, 6) is 0.839. The summed E-state index contributed by atoms with van der Waals surface area (Å²) in [6, 6.07) is 5.72. The van der Waals surface area contributed by atoms with E-state index in [2.05, 4.69) is 15.6 Å². The molecule has 0 bridgehead atoms. The maximum absolute atomic E-state index is 11.5. The van der Waals surface area contributed by atoms with Gasteiger partial charge in [0, 0.05) is 19.3 Å². The molecule has 1 aromatic heterocycles.